The van der Waals surface area contributed by atoms with Gasteiger partial charge >= 0.3 is 0 Å². The van der Waals surface area contributed by atoms with Crippen molar-refractivity contribution in [2.24, 2.45) is 5.92 Å². The summed E-state index contributed by atoms with van der Waals surface area (Å²) in [6, 6.07) is 13.7. The predicted molar refractivity (Wildman–Crippen MR) is 125 cm³/mol. The fourth-order valence-corrected chi connectivity index (χ4v) is 4.41. The molecule has 2 amide bonds. The lowest BCUT2D eigenvalue weighted by atomic mass is 9.84. The van der Waals surface area contributed by atoms with Crippen LogP contribution in [0.25, 0.3) is 10.9 Å². The number of rotatable bonds is 6. The van der Waals surface area contributed by atoms with Crippen LogP contribution >= 0.6 is 0 Å². The molecule has 0 radical (unpaired) electrons. The van der Waals surface area contributed by atoms with Crippen LogP contribution < -0.4 is 11.1 Å². The maximum absolute atomic E-state index is 13.5. The molecule has 32 heavy (non-hydrogen) atoms. The molecule has 2 unspecified atom stereocenters. The summed E-state index contributed by atoms with van der Waals surface area (Å²) in [6.07, 6.45) is 0.857. The minimum Gasteiger partial charge on any atom is -0.368 e. The number of hydrogen-bond donors (Lipinski definition) is 2. The van der Waals surface area contributed by atoms with Crippen molar-refractivity contribution >= 4 is 28.7 Å². The second kappa shape index (κ2) is 8.94. The van der Waals surface area contributed by atoms with Crippen LogP contribution in [0, 0.1) is 5.92 Å². The van der Waals surface area contributed by atoms with Crippen molar-refractivity contribution in [1.29, 1.82) is 0 Å². The number of likely N-dealkylation sites (N-methyl/N-ethyl adjacent to an activating group) is 1. The number of nitrogen functional groups attached to an aromatic ring is 1. The molecule has 0 saturated carbocycles. The van der Waals surface area contributed by atoms with Gasteiger partial charge in [0.2, 0.25) is 11.9 Å². The van der Waals surface area contributed by atoms with E-state index in [-0.39, 0.29) is 35.3 Å². The maximum Gasteiger partial charge on any atom is 0.273 e. The van der Waals surface area contributed by atoms with Crippen molar-refractivity contribution in [1.82, 2.24) is 20.2 Å². The number of carbonyl (C=O) groups excluding carboxylic acids is 2. The van der Waals surface area contributed by atoms with Gasteiger partial charge < -0.3 is 16.0 Å². The van der Waals surface area contributed by atoms with E-state index in [1.165, 1.54) is 0 Å². The third-order valence-corrected chi connectivity index (χ3v) is 6.27. The molecule has 1 aromatic heterocycles. The SMILES string of the molecule is CCNC(=O)C(c1ccc2nc(N)nc(C(=O)N3Cc4ccccc4C3)c2c1)C(C)CC. The largest absolute Gasteiger partial charge is 0.368 e. The molecule has 4 rings (SSSR count). The number of amides is 2. The van der Waals surface area contributed by atoms with Crippen LogP contribution in [0.5, 0.6) is 0 Å². The smallest absolute Gasteiger partial charge is 0.273 e. The quantitative estimate of drug-likeness (QED) is 0.621. The van der Waals surface area contributed by atoms with Crippen molar-refractivity contribution in [3.63, 3.8) is 0 Å². The molecule has 2 aromatic carbocycles. The summed E-state index contributed by atoms with van der Waals surface area (Å²) in [5, 5.41) is 3.56. The van der Waals surface area contributed by atoms with Gasteiger partial charge in [0.15, 0.2) is 0 Å². The fourth-order valence-electron chi connectivity index (χ4n) is 4.41. The van der Waals surface area contributed by atoms with Crippen molar-refractivity contribution in [3.05, 3.63) is 64.8 Å². The average molecular weight is 432 g/mol. The lowest BCUT2D eigenvalue weighted by molar-refractivity contribution is -0.123. The zero-order valence-corrected chi connectivity index (χ0v) is 18.8. The number of nitrogens with two attached hydrogens (primary N) is 1. The average Bonchev–Trinajstić information content (AvgIpc) is 3.22. The molecule has 0 saturated heterocycles. The Morgan fingerprint density at radius 1 is 1.09 bits per heavy atom. The highest BCUT2D eigenvalue weighted by atomic mass is 16.2. The summed E-state index contributed by atoms with van der Waals surface area (Å²) in [7, 11) is 0. The first-order chi connectivity index (χ1) is 15.4. The highest BCUT2D eigenvalue weighted by Gasteiger charge is 2.29. The van der Waals surface area contributed by atoms with E-state index in [2.05, 4.69) is 29.1 Å². The van der Waals surface area contributed by atoms with Crippen LogP contribution in [0.15, 0.2) is 42.5 Å². The zero-order chi connectivity index (χ0) is 22.8. The number of aromatic nitrogens is 2. The summed E-state index contributed by atoms with van der Waals surface area (Å²) in [5.41, 5.74) is 9.95. The fraction of sp³-hybridized carbons (Fsp3) is 0.360. The Morgan fingerprint density at radius 2 is 1.78 bits per heavy atom. The standard InChI is InChI=1S/C25H29N5O2/c1-4-15(3)21(23(31)27-5-2)16-10-11-20-19(12-16)22(29-25(26)28-20)24(32)30-13-17-8-6-7-9-18(17)14-30/h6-12,15,21H,4-5,13-14H2,1-3H3,(H,27,31)(H2,26,28,29). The maximum atomic E-state index is 13.5. The third-order valence-electron chi connectivity index (χ3n) is 6.27. The van der Waals surface area contributed by atoms with Gasteiger partial charge in [0.1, 0.15) is 5.69 Å². The van der Waals surface area contributed by atoms with E-state index in [4.69, 9.17) is 5.73 Å². The minimum absolute atomic E-state index is 0.0135. The van der Waals surface area contributed by atoms with Gasteiger partial charge in [-0.15, -0.1) is 0 Å². The molecule has 0 spiro atoms. The van der Waals surface area contributed by atoms with Crippen molar-refractivity contribution in [2.75, 3.05) is 12.3 Å². The Kier molecular flexibility index (Phi) is 6.08. The van der Waals surface area contributed by atoms with Crippen LogP contribution in [0.3, 0.4) is 0 Å². The van der Waals surface area contributed by atoms with Gasteiger partial charge in [-0.25, -0.2) is 9.97 Å². The van der Waals surface area contributed by atoms with Gasteiger partial charge in [-0.05, 0) is 41.7 Å². The van der Waals surface area contributed by atoms with Gasteiger partial charge in [0.25, 0.3) is 5.91 Å². The van der Waals surface area contributed by atoms with Crippen LogP contribution in [0.4, 0.5) is 5.95 Å². The number of fused-ring (bicyclic) bond motifs is 2. The molecule has 1 aliphatic heterocycles. The number of benzene rings is 2. The van der Waals surface area contributed by atoms with Gasteiger partial charge in [0, 0.05) is 25.0 Å². The first-order valence-electron chi connectivity index (χ1n) is 11.1. The lowest BCUT2D eigenvalue weighted by Gasteiger charge is -2.23. The van der Waals surface area contributed by atoms with Crippen LogP contribution in [0.2, 0.25) is 0 Å². The van der Waals surface area contributed by atoms with E-state index < -0.39 is 0 Å². The molecule has 7 nitrogen and oxygen atoms in total. The molecular weight excluding hydrogens is 402 g/mol. The Labute approximate surface area is 188 Å². The highest BCUT2D eigenvalue weighted by Crippen LogP contribution is 2.32. The Morgan fingerprint density at radius 3 is 2.41 bits per heavy atom. The summed E-state index contributed by atoms with van der Waals surface area (Å²) in [6.45, 7) is 7.69. The van der Waals surface area contributed by atoms with Gasteiger partial charge in [0.05, 0.1) is 11.4 Å². The first kappa shape index (κ1) is 21.7. The van der Waals surface area contributed by atoms with Gasteiger partial charge in [-0.1, -0.05) is 50.6 Å². The Balaban J connectivity index is 1.76. The van der Waals surface area contributed by atoms with E-state index >= 15 is 0 Å². The van der Waals surface area contributed by atoms with Crippen molar-refractivity contribution in [2.45, 2.75) is 46.2 Å². The molecule has 1 aliphatic rings. The van der Waals surface area contributed by atoms with Crippen LogP contribution in [0.1, 0.15) is 60.3 Å². The monoisotopic (exact) mass is 431 g/mol. The second-order valence-corrected chi connectivity index (χ2v) is 8.39. The number of hydrogen-bond acceptors (Lipinski definition) is 5. The third kappa shape index (κ3) is 4.02. The molecule has 2 atom stereocenters. The number of nitrogens with zero attached hydrogens (tertiary/aromatic N) is 3. The number of carbonyl (C=O) groups is 2. The molecule has 0 aliphatic carbocycles. The second-order valence-electron chi connectivity index (χ2n) is 8.39. The van der Waals surface area contributed by atoms with E-state index in [9.17, 15) is 9.59 Å². The number of nitrogens with one attached hydrogen (secondary N) is 1. The molecular formula is C25H29N5O2. The molecule has 0 fully saturated rings. The topological polar surface area (TPSA) is 101 Å². The molecule has 7 heteroatoms. The normalized spacial score (nSPS) is 14.8. The van der Waals surface area contributed by atoms with Crippen LogP contribution in [-0.2, 0) is 17.9 Å². The highest BCUT2D eigenvalue weighted by molar-refractivity contribution is 6.05. The molecule has 3 aromatic rings. The molecule has 0 bridgehead atoms. The van der Waals surface area contributed by atoms with E-state index in [1.807, 2.05) is 49.4 Å². The molecule has 3 N–H and O–H groups in total. The Hall–Kier alpha value is -3.48. The first-order valence-corrected chi connectivity index (χ1v) is 11.1. The molecule has 2 heterocycles. The van der Waals surface area contributed by atoms with Crippen molar-refractivity contribution in [3.8, 4) is 0 Å². The summed E-state index contributed by atoms with van der Waals surface area (Å²) in [5.74, 6) is -0.315. The van der Waals surface area contributed by atoms with E-state index in [0.717, 1.165) is 23.1 Å². The predicted octanol–water partition coefficient (Wildman–Crippen LogP) is 3.63. The zero-order valence-electron chi connectivity index (χ0n) is 18.8. The van der Waals surface area contributed by atoms with E-state index in [1.54, 1.807) is 4.90 Å². The van der Waals surface area contributed by atoms with Crippen molar-refractivity contribution < 1.29 is 9.59 Å². The summed E-state index contributed by atoms with van der Waals surface area (Å²) >= 11 is 0. The molecule has 166 valence electrons. The van der Waals surface area contributed by atoms with Crippen LogP contribution in [-0.4, -0.2) is 33.2 Å². The Bertz CT molecular complexity index is 1150. The summed E-state index contributed by atoms with van der Waals surface area (Å²) in [4.78, 5) is 36.8. The lowest BCUT2D eigenvalue weighted by Crippen LogP contribution is -2.32. The minimum atomic E-state index is -0.319. The number of anilines is 1. The van der Waals surface area contributed by atoms with Gasteiger partial charge in [-0.3, -0.25) is 9.59 Å². The van der Waals surface area contributed by atoms with Gasteiger partial charge in [-0.2, -0.15) is 0 Å². The van der Waals surface area contributed by atoms with E-state index in [0.29, 0.717) is 30.5 Å². The summed E-state index contributed by atoms with van der Waals surface area (Å²) < 4.78 is 0.